The SMILES string of the molecule is C=CCC[C@]12CC=CC=C1n1c(C=C(C)C)cnc1-c1ccccc12. The Morgan fingerprint density at radius 2 is 2.16 bits per heavy atom. The average molecular weight is 328 g/mol. The summed E-state index contributed by atoms with van der Waals surface area (Å²) in [5, 5.41) is 0. The standard InChI is InChI=1S/C23H24N2/c1-4-5-13-23-14-9-8-12-21(23)25-18(15-17(2)3)16-24-22(25)19-10-6-7-11-20(19)23/h4,6-12,15-16H,1,5,13-14H2,2-3H3/t23-/m1/s1. The Bertz CT molecular complexity index is 919. The molecule has 0 saturated heterocycles. The van der Waals surface area contributed by atoms with Gasteiger partial charge in [-0.3, -0.25) is 4.57 Å². The Hall–Kier alpha value is -2.61. The van der Waals surface area contributed by atoms with E-state index in [1.807, 2.05) is 12.3 Å². The summed E-state index contributed by atoms with van der Waals surface area (Å²) in [6.07, 6.45) is 16.1. The maximum absolute atomic E-state index is 4.79. The van der Waals surface area contributed by atoms with Crippen LogP contribution >= 0.6 is 0 Å². The van der Waals surface area contributed by atoms with E-state index in [0.717, 1.165) is 30.8 Å². The van der Waals surface area contributed by atoms with Gasteiger partial charge in [-0.2, -0.15) is 0 Å². The van der Waals surface area contributed by atoms with Gasteiger partial charge in [-0.05, 0) is 50.8 Å². The summed E-state index contributed by atoms with van der Waals surface area (Å²) < 4.78 is 2.36. The maximum atomic E-state index is 4.79. The van der Waals surface area contributed by atoms with Crippen molar-refractivity contribution in [3.05, 3.63) is 78.2 Å². The molecule has 1 atom stereocenters. The molecule has 1 aliphatic carbocycles. The maximum Gasteiger partial charge on any atom is 0.145 e. The molecule has 0 radical (unpaired) electrons. The molecule has 25 heavy (non-hydrogen) atoms. The van der Waals surface area contributed by atoms with Crippen molar-refractivity contribution < 1.29 is 0 Å². The van der Waals surface area contributed by atoms with Crippen molar-refractivity contribution in [3.63, 3.8) is 0 Å². The molecule has 2 aromatic rings. The molecule has 1 aromatic heterocycles. The number of benzene rings is 1. The van der Waals surface area contributed by atoms with Gasteiger partial charge in [0.25, 0.3) is 0 Å². The van der Waals surface area contributed by atoms with Crippen molar-refractivity contribution in [2.75, 3.05) is 0 Å². The lowest BCUT2D eigenvalue weighted by Gasteiger charge is -2.43. The van der Waals surface area contributed by atoms with E-state index in [2.05, 4.69) is 73.6 Å². The van der Waals surface area contributed by atoms with Gasteiger partial charge in [0.05, 0.1) is 11.9 Å². The molecule has 2 heterocycles. The van der Waals surface area contributed by atoms with Gasteiger partial charge in [0, 0.05) is 16.7 Å². The molecule has 0 spiro atoms. The molecule has 0 bridgehead atoms. The molecule has 2 aliphatic rings. The van der Waals surface area contributed by atoms with Crippen LogP contribution < -0.4 is 0 Å². The summed E-state index contributed by atoms with van der Waals surface area (Å²) >= 11 is 0. The molecular weight excluding hydrogens is 304 g/mol. The number of allylic oxidation sites excluding steroid dienone is 6. The predicted molar refractivity (Wildman–Crippen MR) is 106 cm³/mol. The first-order valence-electron chi connectivity index (χ1n) is 8.98. The number of aromatic nitrogens is 2. The van der Waals surface area contributed by atoms with Gasteiger partial charge in [-0.15, -0.1) is 6.58 Å². The highest BCUT2D eigenvalue weighted by Gasteiger charge is 2.43. The fourth-order valence-corrected chi connectivity index (χ4v) is 4.24. The van der Waals surface area contributed by atoms with Crippen LogP contribution in [0, 0.1) is 0 Å². The van der Waals surface area contributed by atoms with Crippen LogP contribution in [0.3, 0.4) is 0 Å². The van der Waals surface area contributed by atoms with Crippen molar-refractivity contribution in [3.8, 4) is 11.4 Å². The van der Waals surface area contributed by atoms with Gasteiger partial charge in [0.2, 0.25) is 0 Å². The monoisotopic (exact) mass is 328 g/mol. The Morgan fingerprint density at radius 3 is 2.96 bits per heavy atom. The van der Waals surface area contributed by atoms with Crippen molar-refractivity contribution in [1.82, 2.24) is 9.55 Å². The summed E-state index contributed by atoms with van der Waals surface area (Å²) in [4.78, 5) is 4.79. The Balaban J connectivity index is 2.04. The number of hydrogen-bond acceptors (Lipinski definition) is 1. The lowest BCUT2D eigenvalue weighted by molar-refractivity contribution is 0.489. The number of imidazole rings is 1. The molecular formula is C23H24N2. The van der Waals surface area contributed by atoms with Crippen molar-refractivity contribution in [2.45, 2.75) is 38.5 Å². The number of nitrogens with zero attached hydrogens (tertiary/aromatic N) is 2. The Kier molecular flexibility index (Phi) is 3.84. The third kappa shape index (κ3) is 2.36. The van der Waals surface area contributed by atoms with E-state index in [-0.39, 0.29) is 5.41 Å². The minimum absolute atomic E-state index is 0.00251. The Morgan fingerprint density at radius 1 is 1.32 bits per heavy atom. The van der Waals surface area contributed by atoms with Crippen molar-refractivity contribution in [2.24, 2.45) is 0 Å². The smallest absolute Gasteiger partial charge is 0.145 e. The first-order chi connectivity index (χ1) is 12.2. The highest BCUT2D eigenvalue weighted by Crippen LogP contribution is 2.52. The van der Waals surface area contributed by atoms with E-state index in [1.165, 1.54) is 22.4 Å². The Labute approximate surface area is 149 Å². The van der Waals surface area contributed by atoms with Crippen LogP contribution in [0.4, 0.5) is 0 Å². The van der Waals surface area contributed by atoms with Gasteiger partial charge in [-0.1, -0.05) is 48.1 Å². The van der Waals surface area contributed by atoms with Crippen LogP contribution in [-0.4, -0.2) is 9.55 Å². The van der Waals surface area contributed by atoms with Gasteiger partial charge >= 0.3 is 0 Å². The second kappa shape index (κ2) is 6.03. The lowest BCUT2D eigenvalue weighted by Crippen LogP contribution is -2.35. The first-order valence-corrected chi connectivity index (χ1v) is 8.98. The third-order valence-corrected chi connectivity index (χ3v) is 5.27. The molecule has 0 unspecified atom stereocenters. The van der Waals surface area contributed by atoms with E-state index < -0.39 is 0 Å². The minimum Gasteiger partial charge on any atom is -0.296 e. The average Bonchev–Trinajstić information content (AvgIpc) is 3.03. The second-order valence-corrected chi connectivity index (χ2v) is 7.20. The summed E-state index contributed by atoms with van der Waals surface area (Å²) in [6, 6.07) is 8.77. The number of fused-ring (bicyclic) bond motifs is 6. The fourth-order valence-electron chi connectivity index (χ4n) is 4.24. The molecule has 2 nitrogen and oxygen atoms in total. The summed E-state index contributed by atoms with van der Waals surface area (Å²) in [5.74, 6) is 1.05. The molecule has 1 aromatic carbocycles. The van der Waals surface area contributed by atoms with E-state index in [0.29, 0.717) is 0 Å². The molecule has 0 fully saturated rings. The zero-order chi connectivity index (χ0) is 17.4. The zero-order valence-electron chi connectivity index (χ0n) is 15.0. The van der Waals surface area contributed by atoms with Gasteiger partial charge in [0.1, 0.15) is 5.82 Å². The molecule has 0 N–H and O–H groups in total. The molecule has 126 valence electrons. The van der Waals surface area contributed by atoms with Crippen LogP contribution in [0.15, 0.2) is 66.9 Å². The molecule has 0 saturated carbocycles. The second-order valence-electron chi connectivity index (χ2n) is 7.20. The summed E-state index contributed by atoms with van der Waals surface area (Å²) in [7, 11) is 0. The van der Waals surface area contributed by atoms with Crippen LogP contribution in [-0.2, 0) is 5.41 Å². The normalized spacial score (nSPS) is 20.2. The topological polar surface area (TPSA) is 17.8 Å². The summed E-state index contributed by atoms with van der Waals surface area (Å²) in [6.45, 7) is 8.23. The highest BCUT2D eigenvalue weighted by atomic mass is 15.1. The minimum atomic E-state index is -0.00251. The highest BCUT2D eigenvalue weighted by molar-refractivity contribution is 5.82. The van der Waals surface area contributed by atoms with E-state index in [4.69, 9.17) is 4.98 Å². The molecule has 4 rings (SSSR count). The third-order valence-electron chi connectivity index (χ3n) is 5.27. The zero-order valence-corrected chi connectivity index (χ0v) is 15.0. The first kappa shape index (κ1) is 15.9. The molecule has 2 heteroatoms. The van der Waals surface area contributed by atoms with Gasteiger partial charge in [-0.25, -0.2) is 4.98 Å². The largest absolute Gasteiger partial charge is 0.296 e. The van der Waals surface area contributed by atoms with E-state index >= 15 is 0 Å². The van der Waals surface area contributed by atoms with E-state index in [9.17, 15) is 0 Å². The van der Waals surface area contributed by atoms with Crippen molar-refractivity contribution in [1.29, 1.82) is 0 Å². The fraction of sp³-hybridized carbons (Fsp3) is 0.261. The number of rotatable bonds is 4. The van der Waals surface area contributed by atoms with Crippen LogP contribution in [0.25, 0.3) is 23.2 Å². The molecule has 0 amide bonds. The quantitative estimate of drug-likeness (QED) is 0.630. The summed E-state index contributed by atoms with van der Waals surface area (Å²) in [5.41, 5.74) is 6.44. The van der Waals surface area contributed by atoms with Gasteiger partial charge < -0.3 is 0 Å². The van der Waals surface area contributed by atoms with E-state index in [1.54, 1.807) is 0 Å². The van der Waals surface area contributed by atoms with Crippen molar-refractivity contribution >= 4 is 11.8 Å². The van der Waals surface area contributed by atoms with Crippen LogP contribution in [0.2, 0.25) is 0 Å². The number of hydrogen-bond donors (Lipinski definition) is 0. The predicted octanol–water partition coefficient (Wildman–Crippen LogP) is 5.99. The molecule has 1 aliphatic heterocycles. The van der Waals surface area contributed by atoms with Crippen LogP contribution in [0.5, 0.6) is 0 Å². The van der Waals surface area contributed by atoms with Crippen LogP contribution in [0.1, 0.15) is 44.4 Å². The lowest BCUT2D eigenvalue weighted by atomic mass is 9.66. The van der Waals surface area contributed by atoms with Gasteiger partial charge in [0.15, 0.2) is 0 Å².